The lowest BCUT2D eigenvalue weighted by molar-refractivity contribution is -0.128. The monoisotopic (exact) mass is 404 g/mol. The second kappa shape index (κ2) is 8.62. The van der Waals surface area contributed by atoms with Crippen LogP contribution in [0.1, 0.15) is 50.8 Å². The Hall–Kier alpha value is -2.92. The van der Waals surface area contributed by atoms with Crippen LogP contribution in [0, 0.1) is 6.92 Å². The normalized spacial score (nSPS) is 14.8. The average molecular weight is 405 g/mol. The molecule has 1 saturated heterocycles. The van der Waals surface area contributed by atoms with Gasteiger partial charge in [-0.1, -0.05) is 48.0 Å². The number of hydrogen-bond donors (Lipinski definition) is 1. The van der Waals surface area contributed by atoms with Gasteiger partial charge in [0.2, 0.25) is 5.91 Å². The second-order valence-corrected chi connectivity index (χ2v) is 8.43. The third kappa shape index (κ3) is 4.57. The van der Waals surface area contributed by atoms with Crippen molar-refractivity contribution in [3.63, 3.8) is 0 Å². The summed E-state index contributed by atoms with van der Waals surface area (Å²) in [6.07, 6.45) is 1.58. The van der Waals surface area contributed by atoms with Crippen LogP contribution in [0.4, 0.5) is 0 Å². The van der Waals surface area contributed by atoms with Crippen LogP contribution in [-0.2, 0) is 11.3 Å². The number of nitrogens with one attached hydrogen (secondary N) is 1. The molecule has 2 heterocycles. The summed E-state index contributed by atoms with van der Waals surface area (Å²) in [6.45, 7) is 3.49. The molecule has 5 heteroatoms. The van der Waals surface area contributed by atoms with Gasteiger partial charge in [0.05, 0.1) is 6.04 Å². The Morgan fingerprint density at radius 2 is 1.86 bits per heavy atom. The van der Waals surface area contributed by atoms with Gasteiger partial charge in [0.15, 0.2) is 0 Å². The summed E-state index contributed by atoms with van der Waals surface area (Å²) >= 11 is 1.64. The first-order valence-corrected chi connectivity index (χ1v) is 10.8. The average Bonchev–Trinajstić information content (AvgIpc) is 3.40. The number of carbonyl (C=O) groups is 2. The number of aryl methyl sites for hydroxylation is 1. The smallest absolute Gasteiger partial charge is 0.252 e. The van der Waals surface area contributed by atoms with Crippen molar-refractivity contribution in [1.29, 1.82) is 0 Å². The summed E-state index contributed by atoms with van der Waals surface area (Å²) in [4.78, 5) is 27.7. The molecular weight excluding hydrogens is 380 g/mol. The fraction of sp³-hybridized carbons (Fsp3) is 0.250. The first kappa shape index (κ1) is 19.4. The van der Waals surface area contributed by atoms with E-state index in [1.807, 2.05) is 46.7 Å². The van der Waals surface area contributed by atoms with E-state index in [-0.39, 0.29) is 17.9 Å². The number of rotatable bonds is 6. The van der Waals surface area contributed by atoms with Crippen molar-refractivity contribution in [2.75, 3.05) is 6.54 Å². The van der Waals surface area contributed by atoms with E-state index in [2.05, 4.69) is 36.5 Å². The van der Waals surface area contributed by atoms with Gasteiger partial charge in [0.1, 0.15) is 0 Å². The number of carbonyl (C=O) groups excluding carboxylic acids is 2. The molecule has 0 spiro atoms. The third-order valence-corrected chi connectivity index (χ3v) is 6.21. The van der Waals surface area contributed by atoms with Crippen molar-refractivity contribution in [2.45, 2.75) is 32.4 Å². The highest BCUT2D eigenvalue weighted by molar-refractivity contribution is 7.10. The summed E-state index contributed by atoms with van der Waals surface area (Å²) in [5.74, 6) is 0.108. The van der Waals surface area contributed by atoms with Gasteiger partial charge in [-0.3, -0.25) is 9.59 Å². The fourth-order valence-corrected chi connectivity index (χ4v) is 4.40. The van der Waals surface area contributed by atoms with Crippen molar-refractivity contribution < 1.29 is 9.59 Å². The van der Waals surface area contributed by atoms with Crippen LogP contribution >= 0.6 is 11.3 Å². The van der Waals surface area contributed by atoms with E-state index in [9.17, 15) is 9.59 Å². The van der Waals surface area contributed by atoms with Gasteiger partial charge < -0.3 is 10.2 Å². The molecule has 0 radical (unpaired) electrons. The number of amides is 2. The third-order valence-electron chi connectivity index (χ3n) is 5.27. The minimum absolute atomic E-state index is 0.104. The minimum atomic E-state index is -0.176. The molecule has 29 heavy (non-hydrogen) atoms. The Morgan fingerprint density at radius 1 is 1.10 bits per heavy atom. The molecule has 0 bridgehead atoms. The summed E-state index contributed by atoms with van der Waals surface area (Å²) in [5.41, 5.74) is 3.92. The molecule has 1 unspecified atom stereocenters. The van der Waals surface area contributed by atoms with Gasteiger partial charge in [-0.25, -0.2) is 0 Å². The highest BCUT2D eigenvalue weighted by Gasteiger charge is 2.21. The molecule has 0 saturated carbocycles. The quantitative estimate of drug-likeness (QED) is 0.647. The molecule has 1 atom stereocenters. The fourth-order valence-electron chi connectivity index (χ4n) is 3.60. The van der Waals surface area contributed by atoms with Gasteiger partial charge in [0.25, 0.3) is 5.91 Å². The Morgan fingerprint density at radius 3 is 2.48 bits per heavy atom. The molecule has 2 amide bonds. The van der Waals surface area contributed by atoms with E-state index in [0.29, 0.717) is 18.5 Å². The molecule has 4 rings (SSSR count). The van der Waals surface area contributed by atoms with Crippen molar-refractivity contribution in [3.8, 4) is 0 Å². The predicted octanol–water partition coefficient (Wildman–Crippen LogP) is 4.70. The number of benzene rings is 2. The molecule has 1 N–H and O–H groups in total. The summed E-state index contributed by atoms with van der Waals surface area (Å²) in [7, 11) is 0. The first-order valence-electron chi connectivity index (χ1n) is 9.88. The summed E-state index contributed by atoms with van der Waals surface area (Å²) in [6, 6.07) is 19.7. The maximum absolute atomic E-state index is 12.9. The lowest BCUT2D eigenvalue weighted by Gasteiger charge is -2.19. The number of likely N-dealkylation sites (tertiary alicyclic amines) is 1. The molecule has 1 aliphatic rings. The van der Waals surface area contributed by atoms with E-state index in [1.165, 1.54) is 5.56 Å². The number of thiophene rings is 1. The van der Waals surface area contributed by atoms with Crippen molar-refractivity contribution in [1.82, 2.24) is 10.2 Å². The maximum atomic E-state index is 12.9. The predicted molar refractivity (Wildman–Crippen MR) is 116 cm³/mol. The Bertz CT molecular complexity index is 979. The van der Waals surface area contributed by atoms with Crippen molar-refractivity contribution in [2.24, 2.45) is 0 Å². The van der Waals surface area contributed by atoms with Crippen molar-refractivity contribution in [3.05, 3.63) is 93.2 Å². The van der Waals surface area contributed by atoms with E-state index in [0.717, 1.165) is 29.0 Å². The Labute approximate surface area is 175 Å². The van der Waals surface area contributed by atoms with Gasteiger partial charge in [0, 0.05) is 30.0 Å². The highest BCUT2D eigenvalue weighted by atomic mass is 32.1. The SMILES string of the molecule is Cc1ccc(C(NC(=O)c2ccc(CN3CCCC3=O)cc2)c2cccs2)cc1. The Kier molecular flexibility index (Phi) is 5.76. The minimum Gasteiger partial charge on any atom is -0.340 e. The van der Waals surface area contributed by atoms with E-state index in [1.54, 1.807) is 11.3 Å². The lowest BCUT2D eigenvalue weighted by atomic mass is 10.0. The molecule has 148 valence electrons. The summed E-state index contributed by atoms with van der Waals surface area (Å²) < 4.78 is 0. The maximum Gasteiger partial charge on any atom is 0.252 e. The number of hydrogen-bond acceptors (Lipinski definition) is 3. The topological polar surface area (TPSA) is 49.4 Å². The lowest BCUT2D eigenvalue weighted by Crippen LogP contribution is -2.29. The zero-order valence-corrected chi connectivity index (χ0v) is 17.2. The molecule has 1 fully saturated rings. The Balaban J connectivity index is 1.48. The van der Waals surface area contributed by atoms with Gasteiger partial charge in [-0.15, -0.1) is 11.3 Å². The molecule has 3 aromatic rings. The first-order chi connectivity index (χ1) is 14.1. The van der Waals surface area contributed by atoms with Gasteiger partial charge in [-0.05, 0) is 48.1 Å². The standard InChI is InChI=1S/C24H24N2O2S/c1-17-6-10-19(11-7-17)23(21-4-3-15-29-21)25-24(28)20-12-8-18(9-13-20)16-26-14-2-5-22(26)27/h3-4,6-13,15,23H,2,5,14,16H2,1H3,(H,25,28). The van der Waals surface area contributed by atoms with E-state index < -0.39 is 0 Å². The van der Waals surface area contributed by atoms with Gasteiger partial charge >= 0.3 is 0 Å². The van der Waals surface area contributed by atoms with Gasteiger partial charge in [-0.2, -0.15) is 0 Å². The van der Waals surface area contributed by atoms with Crippen LogP contribution < -0.4 is 5.32 Å². The molecule has 1 aliphatic heterocycles. The van der Waals surface area contributed by atoms with Crippen LogP contribution in [0.2, 0.25) is 0 Å². The van der Waals surface area contributed by atoms with Crippen LogP contribution in [0.5, 0.6) is 0 Å². The molecular formula is C24H24N2O2S. The summed E-state index contributed by atoms with van der Waals surface area (Å²) in [5, 5.41) is 5.20. The van der Waals surface area contributed by atoms with Crippen LogP contribution in [-0.4, -0.2) is 23.3 Å². The molecule has 0 aliphatic carbocycles. The largest absolute Gasteiger partial charge is 0.340 e. The molecule has 2 aromatic carbocycles. The second-order valence-electron chi connectivity index (χ2n) is 7.45. The van der Waals surface area contributed by atoms with Crippen LogP contribution in [0.3, 0.4) is 0 Å². The van der Waals surface area contributed by atoms with Crippen LogP contribution in [0.15, 0.2) is 66.0 Å². The van der Waals surface area contributed by atoms with E-state index in [4.69, 9.17) is 0 Å². The molecule has 4 nitrogen and oxygen atoms in total. The van der Waals surface area contributed by atoms with Crippen LogP contribution in [0.25, 0.3) is 0 Å². The number of nitrogens with zero attached hydrogens (tertiary/aromatic N) is 1. The zero-order chi connectivity index (χ0) is 20.2. The highest BCUT2D eigenvalue weighted by Crippen LogP contribution is 2.27. The van der Waals surface area contributed by atoms with Crippen molar-refractivity contribution >= 4 is 23.2 Å². The van der Waals surface area contributed by atoms with E-state index >= 15 is 0 Å². The molecule has 1 aromatic heterocycles. The zero-order valence-electron chi connectivity index (χ0n) is 16.4.